The summed E-state index contributed by atoms with van der Waals surface area (Å²) in [6.07, 6.45) is 0. The van der Waals surface area contributed by atoms with E-state index in [4.69, 9.17) is 28.4 Å². The van der Waals surface area contributed by atoms with Gasteiger partial charge in [-0.15, -0.1) is 0 Å². The Bertz CT molecular complexity index is 1930. The van der Waals surface area contributed by atoms with E-state index in [2.05, 4.69) is 51.4 Å². The van der Waals surface area contributed by atoms with Gasteiger partial charge in [-0.2, -0.15) is 10.2 Å². The molecule has 0 saturated carbocycles. The van der Waals surface area contributed by atoms with E-state index in [0.29, 0.717) is 69.8 Å². The van der Waals surface area contributed by atoms with Crippen LogP contribution in [0.5, 0.6) is 0 Å². The summed E-state index contributed by atoms with van der Waals surface area (Å²) in [6.45, 7) is 6.16. The Labute approximate surface area is 346 Å². The largest absolute Gasteiger partial charge is 0.382 e. The molecule has 0 unspecified atom stereocenters. The van der Waals surface area contributed by atoms with Crippen LogP contribution in [0, 0.1) is 6.92 Å². The molecule has 21 heteroatoms. The van der Waals surface area contributed by atoms with Crippen molar-refractivity contribution in [2.75, 3.05) is 109 Å². The number of anilines is 3. The summed E-state index contributed by atoms with van der Waals surface area (Å²) >= 11 is 0. The van der Waals surface area contributed by atoms with Crippen LogP contribution in [0.15, 0.2) is 80.5 Å². The van der Waals surface area contributed by atoms with Crippen LogP contribution >= 0.6 is 0 Å². The fourth-order valence-corrected chi connectivity index (χ4v) is 5.10. The van der Waals surface area contributed by atoms with Crippen molar-refractivity contribution in [3.05, 3.63) is 98.3 Å². The van der Waals surface area contributed by atoms with E-state index >= 15 is 0 Å². The van der Waals surface area contributed by atoms with Crippen LogP contribution in [-0.2, 0) is 41.6 Å². The molecule has 60 heavy (non-hydrogen) atoms. The lowest BCUT2D eigenvalue weighted by atomic mass is 10.2. The van der Waals surface area contributed by atoms with Crippen LogP contribution in [0.2, 0.25) is 0 Å². The molecule has 2 aromatic carbocycles. The SMILES string of the molecule is COCCOCCOCc1cc(=O)[nH]c(NC(=O)NCCN(CCNC(=O)Nc2nc(COCCOCCOC)cc(=O)[nH]2)c2ccc(N=Nc3ccc(C)cc3)cc2)n1. The highest BCUT2D eigenvalue weighted by atomic mass is 16.5. The van der Waals surface area contributed by atoms with E-state index in [1.165, 1.54) is 12.1 Å². The van der Waals surface area contributed by atoms with Crippen LogP contribution in [0.25, 0.3) is 0 Å². The van der Waals surface area contributed by atoms with E-state index in [-0.39, 0.29) is 51.4 Å². The highest BCUT2D eigenvalue weighted by molar-refractivity contribution is 5.87. The van der Waals surface area contributed by atoms with Crippen LogP contribution in [0.1, 0.15) is 17.0 Å². The third kappa shape index (κ3) is 18.7. The Balaban J connectivity index is 1.31. The van der Waals surface area contributed by atoms with Crippen molar-refractivity contribution in [3.63, 3.8) is 0 Å². The van der Waals surface area contributed by atoms with Gasteiger partial charge in [0.15, 0.2) is 0 Å². The third-order valence-electron chi connectivity index (χ3n) is 8.03. The zero-order valence-corrected chi connectivity index (χ0v) is 34.0. The van der Waals surface area contributed by atoms with E-state index < -0.39 is 23.2 Å². The summed E-state index contributed by atoms with van der Waals surface area (Å²) in [4.78, 5) is 65.6. The second-order valence-corrected chi connectivity index (χ2v) is 12.8. The summed E-state index contributed by atoms with van der Waals surface area (Å²) in [5.74, 6) is -0.0933. The number of nitrogens with zero attached hydrogens (tertiary/aromatic N) is 5. The first-order valence-corrected chi connectivity index (χ1v) is 19.1. The van der Waals surface area contributed by atoms with Gasteiger partial charge in [0, 0.05) is 58.2 Å². The van der Waals surface area contributed by atoms with Gasteiger partial charge in [0.25, 0.3) is 11.1 Å². The predicted molar refractivity (Wildman–Crippen MR) is 222 cm³/mol. The molecule has 21 nitrogen and oxygen atoms in total. The number of rotatable bonds is 27. The number of aryl methyl sites for hydroxylation is 1. The number of amides is 4. The molecule has 0 bridgehead atoms. The van der Waals surface area contributed by atoms with Gasteiger partial charge in [-0.1, -0.05) is 17.7 Å². The summed E-state index contributed by atoms with van der Waals surface area (Å²) in [5, 5.41) is 19.2. The minimum absolute atomic E-state index is 0.0449. The fraction of sp³-hybridized carbons (Fsp3) is 0.436. The van der Waals surface area contributed by atoms with E-state index in [9.17, 15) is 19.2 Å². The molecule has 2 aromatic heterocycles. The lowest BCUT2D eigenvalue weighted by molar-refractivity contribution is 0.0192. The molecule has 324 valence electrons. The number of ether oxygens (including phenoxy) is 6. The molecule has 0 saturated heterocycles. The molecule has 6 N–H and O–H groups in total. The number of aromatic amines is 2. The third-order valence-corrected chi connectivity index (χ3v) is 8.03. The predicted octanol–water partition coefficient (Wildman–Crippen LogP) is 3.39. The number of methoxy groups -OCH3 is 2. The Morgan fingerprint density at radius 2 is 1.03 bits per heavy atom. The number of carbonyl (C=O) groups excluding carboxylic acids is 2. The monoisotopic (exact) mass is 835 g/mol. The maximum absolute atomic E-state index is 12.8. The molecule has 0 aliphatic rings. The van der Waals surface area contributed by atoms with Crippen LogP contribution in [0.4, 0.5) is 38.5 Å². The molecule has 0 spiro atoms. The number of urea groups is 2. The second-order valence-electron chi connectivity index (χ2n) is 12.8. The molecule has 4 amide bonds. The number of aromatic nitrogens is 4. The molecule has 0 radical (unpaired) electrons. The molecule has 0 aliphatic heterocycles. The zero-order chi connectivity index (χ0) is 42.8. The normalized spacial score (nSPS) is 11.1. The summed E-state index contributed by atoms with van der Waals surface area (Å²) in [5.41, 5.74) is 2.98. The Hall–Kier alpha value is -6.10. The number of benzene rings is 2. The van der Waals surface area contributed by atoms with Crippen LogP contribution < -0.4 is 37.3 Å². The molecule has 0 atom stereocenters. The Morgan fingerprint density at radius 1 is 0.617 bits per heavy atom. The highest BCUT2D eigenvalue weighted by Crippen LogP contribution is 2.22. The molecular weight excluding hydrogens is 782 g/mol. The molecule has 4 rings (SSSR count). The van der Waals surface area contributed by atoms with Crippen molar-refractivity contribution in [2.45, 2.75) is 20.1 Å². The maximum Gasteiger partial charge on any atom is 0.321 e. The standard InChI is InChI=1S/C39H53N11O10/c1-28-4-6-29(7-5-28)48-49-30-8-10-33(11-9-30)50(14-12-40-38(53)46-36-42-31(24-34(51)44-36)26-59-22-20-57-18-16-55-2)15-13-41-39(54)47-37-43-32(25-35(52)45-37)27-60-23-21-58-19-17-56-3/h4-11,24-25H,12-23,26-27H2,1-3H3,(H3,40,42,44,46,51,53)(H3,41,43,45,47,52,54). The second kappa shape index (κ2) is 26.8. The molecule has 4 aromatic rings. The van der Waals surface area contributed by atoms with Gasteiger partial charge in [-0.05, 0) is 43.3 Å². The van der Waals surface area contributed by atoms with E-state index in [0.717, 1.165) is 16.9 Å². The van der Waals surface area contributed by atoms with Gasteiger partial charge in [0.2, 0.25) is 11.9 Å². The minimum Gasteiger partial charge on any atom is -0.382 e. The molecule has 0 fully saturated rings. The number of H-pyrrole nitrogens is 2. The summed E-state index contributed by atoms with van der Waals surface area (Å²) < 4.78 is 31.6. The molecule has 0 aliphatic carbocycles. The van der Waals surface area contributed by atoms with Crippen LogP contribution in [0.3, 0.4) is 0 Å². The summed E-state index contributed by atoms with van der Waals surface area (Å²) in [6, 6.07) is 16.4. The van der Waals surface area contributed by atoms with Crippen molar-refractivity contribution in [1.29, 1.82) is 0 Å². The topological polar surface area (TPSA) is 257 Å². The first-order chi connectivity index (χ1) is 29.2. The Morgan fingerprint density at radius 3 is 1.48 bits per heavy atom. The average molecular weight is 836 g/mol. The quantitative estimate of drug-likeness (QED) is 0.0373. The number of azo groups is 1. The van der Waals surface area contributed by atoms with E-state index in [1.54, 1.807) is 26.4 Å². The van der Waals surface area contributed by atoms with E-state index in [1.807, 2.05) is 48.2 Å². The van der Waals surface area contributed by atoms with Gasteiger partial charge in [0.05, 0.1) is 88.8 Å². The zero-order valence-electron chi connectivity index (χ0n) is 34.0. The Kier molecular flexibility index (Phi) is 20.8. The number of hydrogen-bond acceptors (Lipinski definition) is 15. The smallest absolute Gasteiger partial charge is 0.321 e. The number of carbonyl (C=O) groups is 2. The first kappa shape index (κ1) is 46.6. The van der Waals surface area contributed by atoms with Gasteiger partial charge in [-0.25, -0.2) is 19.6 Å². The lowest BCUT2D eigenvalue weighted by Gasteiger charge is -2.25. The van der Waals surface area contributed by atoms with Gasteiger partial charge in [-0.3, -0.25) is 30.2 Å². The fourth-order valence-electron chi connectivity index (χ4n) is 5.10. The molecule has 2 heterocycles. The van der Waals surface area contributed by atoms with Crippen molar-refractivity contribution in [1.82, 2.24) is 30.6 Å². The van der Waals surface area contributed by atoms with Crippen molar-refractivity contribution < 1.29 is 38.0 Å². The van der Waals surface area contributed by atoms with Gasteiger partial charge < -0.3 is 44.0 Å². The minimum atomic E-state index is -0.600. The highest BCUT2D eigenvalue weighted by Gasteiger charge is 2.12. The number of hydrogen-bond donors (Lipinski definition) is 6. The lowest BCUT2D eigenvalue weighted by Crippen LogP contribution is -2.41. The average Bonchev–Trinajstić information content (AvgIpc) is 3.22. The van der Waals surface area contributed by atoms with Gasteiger partial charge >= 0.3 is 12.1 Å². The van der Waals surface area contributed by atoms with Crippen molar-refractivity contribution in [3.8, 4) is 0 Å². The summed E-state index contributed by atoms with van der Waals surface area (Å²) in [7, 11) is 3.17. The number of nitrogens with one attached hydrogen (secondary N) is 6. The molecular formula is C39H53N11O10. The van der Waals surface area contributed by atoms with Crippen molar-refractivity contribution >= 4 is 41.0 Å². The van der Waals surface area contributed by atoms with Gasteiger partial charge in [0.1, 0.15) is 0 Å². The van der Waals surface area contributed by atoms with Crippen LogP contribution in [-0.4, -0.2) is 125 Å². The van der Waals surface area contributed by atoms with Crippen molar-refractivity contribution in [2.24, 2.45) is 10.2 Å². The maximum atomic E-state index is 12.8. The first-order valence-electron chi connectivity index (χ1n) is 19.1.